The van der Waals surface area contributed by atoms with Crippen LogP contribution in [0.1, 0.15) is 27.9 Å². The minimum Gasteiger partial charge on any atom is -0.365 e. The van der Waals surface area contributed by atoms with Crippen LogP contribution in [0.15, 0.2) is 66.1 Å². The predicted molar refractivity (Wildman–Crippen MR) is 114 cm³/mol. The van der Waals surface area contributed by atoms with E-state index in [4.69, 9.17) is 10.7 Å². The molecule has 1 aliphatic rings. The average molecular weight is 404 g/mol. The van der Waals surface area contributed by atoms with Crippen molar-refractivity contribution in [3.63, 3.8) is 0 Å². The molecule has 4 heterocycles. The molecule has 3 aromatic rings. The molecule has 0 aliphatic carbocycles. The number of hydrogen-bond acceptors (Lipinski definition) is 6. The van der Waals surface area contributed by atoms with E-state index in [0.717, 1.165) is 33.8 Å². The van der Waals surface area contributed by atoms with Crippen molar-refractivity contribution in [2.45, 2.75) is 25.8 Å². The summed E-state index contributed by atoms with van der Waals surface area (Å²) in [4.78, 5) is 27.8. The van der Waals surface area contributed by atoms with Gasteiger partial charge in [0.25, 0.3) is 5.91 Å². The molecule has 0 radical (unpaired) electrons. The number of carbonyl (C=O) groups excluding carboxylic acids is 1. The summed E-state index contributed by atoms with van der Waals surface area (Å²) in [5, 5.41) is -0.0958. The molecular weight excluding hydrogens is 382 g/mol. The van der Waals surface area contributed by atoms with E-state index in [1.54, 1.807) is 12.4 Å². The molecule has 4 rings (SSSR count). The third-order valence-corrected chi connectivity index (χ3v) is 5.97. The van der Waals surface area contributed by atoms with Crippen molar-refractivity contribution in [3.8, 4) is 11.3 Å². The molecule has 1 atom stereocenters. The summed E-state index contributed by atoms with van der Waals surface area (Å²) in [6.45, 7) is 4.63. The summed E-state index contributed by atoms with van der Waals surface area (Å²) in [6, 6.07) is 11.9. The van der Waals surface area contributed by atoms with Crippen LogP contribution in [0.4, 0.5) is 0 Å². The number of aryl methyl sites for hydroxylation is 2. The summed E-state index contributed by atoms with van der Waals surface area (Å²) in [5.74, 6) is -0.420. The van der Waals surface area contributed by atoms with Gasteiger partial charge in [-0.15, -0.1) is 0 Å². The highest BCUT2D eigenvalue weighted by molar-refractivity contribution is 8.04. The van der Waals surface area contributed by atoms with Gasteiger partial charge in [0.05, 0.1) is 16.3 Å². The van der Waals surface area contributed by atoms with Crippen LogP contribution in [-0.4, -0.2) is 25.8 Å². The molecule has 0 aromatic carbocycles. The Morgan fingerprint density at radius 2 is 2.00 bits per heavy atom. The van der Waals surface area contributed by atoms with E-state index < -0.39 is 5.91 Å². The fraction of sp³-hybridized carbons (Fsp3) is 0.182. The zero-order valence-electron chi connectivity index (χ0n) is 16.2. The number of carbonyl (C=O) groups is 1. The number of thioether (sulfide) groups is 1. The molecule has 0 spiro atoms. The topological polar surface area (TPSA) is 85.0 Å². The molecule has 2 N–H and O–H groups in total. The Labute approximate surface area is 173 Å². The lowest BCUT2D eigenvalue weighted by Crippen LogP contribution is -2.18. The van der Waals surface area contributed by atoms with Crippen LogP contribution in [0.2, 0.25) is 0 Å². The van der Waals surface area contributed by atoms with Crippen molar-refractivity contribution >= 4 is 17.7 Å². The number of nitrogens with two attached hydrogens (primary N) is 1. The molecule has 0 saturated heterocycles. The Balaban J connectivity index is 1.61. The van der Waals surface area contributed by atoms with E-state index >= 15 is 0 Å². The van der Waals surface area contributed by atoms with Gasteiger partial charge in [0, 0.05) is 42.6 Å². The molecule has 0 fully saturated rings. The van der Waals surface area contributed by atoms with Crippen LogP contribution in [0.5, 0.6) is 0 Å². The van der Waals surface area contributed by atoms with Gasteiger partial charge in [-0.05, 0) is 49.2 Å². The quantitative estimate of drug-likeness (QED) is 0.699. The number of nitrogens with zero attached hydrogens (tertiary/aromatic N) is 4. The van der Waals surface area contributed by atoms with Gasteiger partial charge in [0.15, 0.2) is 0 Å². The second-order valence-corrected chi connectivity index (χ2v) is 8.07. The summed E-state index contributed by atoms with van der Waals surface area (Å²) in [5.41, 5.74) is 11.5. The third kappa shape index (κ3) is 4.14. The van der Waals surface area contributed by atoms with Gasteiger partial charge in [0.1, 0.15) is 5.37 Å². The first kappa shape index (κ1) is 19.1. The number of hydrogen-bond donors (Lipinski definition) is 1. The van der Waals surface area contributed by atoms with Crippen molar-refractivity contribution in [2.75, 3.05) is 0 Å². The Kier molecular flexibility index (Phi) is 5.31. The standard InChI is InChI=1S/C22H21N5OS/c1-14-9-16(11-26-20(14)17-6-8-24-15(2)10-17)12-27-13-19(21(23)28)29-22(27)18-5-3-4-7-25-18/h3-11,13,22H,12H2,1-2H3,(H2,23,28). The lowest BCUT2D eigenvalue weighted by atomic mass is 10.1. The van der Waals surface area contributed by atoms with Crippen LogP contribution in [0.3, 0.4) is 0 Å². The zero-order chi connectivity index (χ0) is 20.4. The summed E-state index contributed by atoms with van der Waals surface area (Å²) >= 11 is 1.43. The number of amides is 1. The van der Waals surface area contributed by atoms with Gasteiger partial charge in [-0.3, -0.25) is 19.7 Å². The monoisotopic (exact) mass is 403 g/mol. The molecule has 1 unspecified atom stereocenters. The molecule has 6 nitrogen and oxygen atoms in total. The van der Waals surface area contributed by atoms with E-state index in [1.807, 2.05) is 49.7 Å². The smallest absolute Gasteiger partial charge is 0.256 e. The minimum absolute atomic E-state index is 0.0958. The first-order valence-electron chi connectivity index (χ1n) is 9.25. The lowest BCUT2D eigenvalue weighted by Gasteiger charge is -2.24. The number of rotatable bonds is 5. The molecule has 1 aliphatic heterocycles. The molecule has 7 heteroatoms. The summed E-state index contributed by atoms with van der Waals surface area (Å²) < 4.78 is 0. The van der Waals surface area contributed by atoms with Crippen LogP contribution in [-0.2, 0) is 11.3 Å². The van der Waals surface area contributed by atoms with Gasteiger partial charge < -0.3 is 10.6 Å². The zero-order valence-corrected chi connectivity index (χ0v) is 17.1. The SMILES string of the molecule is Cc1cc(-c2ncc(CN3C=C(C(N)=O)SC3c3ccccn3)cc2C)ccn1. The first-order valence-corrected chi connectivity index (χ1v) is 10.1. The van der Waals surface area contributed by atoms with Gasteiger partial charge in [-0.25, -0.2) is 0 Å². The van der Waals surface area contributed by atoms with E-state index in [0.29, 0.717) is 11.4 Å². The van der Waals surface area contributed by atoms with Crippen LogP contribution >= 0.6 is 11.8 Å². The maximum atomic E-state index is 11.7. The van der Waals surface area contributed by atoms with Crippen LogP contribution < -0.4 is 5.73 Å². The summed E-state index contributed by atoms with van der Waals surface area (Å²) in [6.07, 6.45) is 7.26. The van der Waals surface area contributed by atoms with E-state index in [9.17, 15) is 4.79 Å². The number of primary amides is 1. The number of aromatic nitrogens is 3. The average Bonchev–Trinajstić information content (AvgIpc) is 3.13. The van der Waals surface area contributed by atoms with Gasteiger partial charge in [-0.2, -0.15) is 0 Å². The normalized spacial score (nSPS) is 16.0. The predicted octanol–water partition coefficient (Wildman–Crippen LogP) is 3.73. The van der Waals surface area contributed by atoms with Crippen molar-refractivity contribution < 1.29 is 4.79 Å². The van der Waals surface area contributed by atoms with E-state index in [2.05, 4.69) is 27.9 Å². The largest absolute Gasteiger partial charge is 0.365 e. The molecule has 0 bridgehead atoms. The van der Waals surface area contributed by atoms with Crippen molar-refractivity contribution in [2.24, 2.45) is 5.73 Å². The van der Waals surface area contributed by atoms with Crippen molar-refractivity contribution in [1.29, 1.82) is 0 Å². The van der Waals surface area contributed by atoms with Crippen molar-refractivity contribution in [1.82, 2.24) is 19.9 Å². The summed E-state index contributed by atoms with van der Waals surface area (Å²) in [7, 11) is 0. The Morgan fingerprint density at radius 1 is 1.14 bits per heavy atom. The molecule has 29 heavy (non-hydrogen) atoms. The first-order chi connectivity index (χ1) is 14.0. The van der Waals surface area contributed by atoms with E-state index in [-0.39, 0.29) is 5.37 Å². The molecular formula is C22H21N5OS. The molecule has 0 saturated carbocycles. The van der Waals surface area contributed by atoms with Crippen LogP contribution in [0, 0.1) is 13.8 Å². The van der Waals surface area contributed by atoms with Crippen LogP contribution in [0.25, 0.3) is 11.3 Å². The molecule has 1 amide bonds. The lowest BCUT2D eigenvalue weighted by molar-refractivity contribution is -0.113. The van der Waals surface area contributed by atoms with E-state index in [1.165, 1.54) is 11.8 Å². The molecule has 3 aromatic heterocycles. The minimum atomic E-state index is -0.420. The maximum absolute atomic E-state index is 11.7. The van der Waals surface area contributed by atoms with Gasteiger partial charge in [0.2, 0.25) is 0 Å². The Bertz CT molecular complexity index is 1080. The van der Waals surface area contributed by atoms with Gasteiger partial charge >= 0.3 is 0 Å². The highest BCUT2D eigenvalue weighted by atomic mass is 32.2. The Hall–Kier alpha value is -3.19. The van der Waals surface area contributed by atoms with Gasteiger partial charge in [-0.1, -0.05) is 23.9 Å². The highest BCUT2D eigenvalue weighted by Crippen LogP contribution is 2.43. The second kappa shape index (κ2) is 8.05. The highest BCUT2D eigenvalue weighted by Gasteiger charge is 2.30. The third-order valence-electron chi connectivity index (χ3n) is 4.68. The number of pyridine rings is 3. The fourth-order valence-electron chi connectivity index (χ4n) is 3.36. The fourth-order valence-corrected chi connectivity index (χ4v) is 4.45. The second-order valence-electron chi connectivity index (χ2n) is 6.95. The molecule has 146 valence electrons. The maximum Gasteiger partial charge on any atom is 0.256 e. The van der Waals surface area contributed by atoms with Crippen molar-refractivity contribution in [3.05, 3.63) is 88.6 Å². The Morgan fingerprint density at radius 3 is 2.69 bits per heavy atom.